The van der Waals surface area contributed by atoms with Gasteiger partial charge in [-0.1, -0.05) is 17.7 Å². The highest BCUT2D eigenvalue weighted by Gasteiger charge is 2.25. The van der Waals surface area contributed by atoms with Gasteiger partial charge in [0.1, 0.15) is 0 Å². The minimum Gasteiger partial charge on any atom is -0.383 e. The maximum absolute atomic E-state index is 12.9. The maximum Gasteiger partial charge on any atom is 0.243 e. The van der Waals surface area contributed by atoms with Crippen LogP contribution >= 0.6 is 11.6 Å². The van der Waals surface area contributed by atoms with E-state index in [1.54, 1.807) is 43.8 Å². The molecule has 0 bridgehead atoms. The molecular weight excluding hydrogens is 336 g/mol. The van der Waals surface area contributed by atoms with Crippen LogP contribution in [0.2, 0.25) is 5.02 Å². The van der Waals surface area contributed by atoms with E-state index < -0.39 is 10.0 Å². The van der Waals surface area contributed by atoms with Crippen LogP contribution in [-0.2, 0) is 21.3 Å². The van der Waals surface area contributed by atoms with Crippen molar-refractivity contribution in [3.05, 3.63) is 58.9 Å². The number of methoxy groups -OCH3 is 1. The second kappa shape index (κ2) is 7.88. The van der Waals surface area contributed by atoms with Gasteiger partial charge in [0.05, 0.1) is 11.5 Å². The van der Waals surface area contributed by atoms with Gasteiger partial charge in [-0.25, -0.2) is 8.42 Å². The molecule has 0 atom stereocenters. The lowest BCUT2D eigenvalue weighted by atomic mass is 10.2. The summed E-state index contributed by atoms with van der Waals surface area (Å²) in [7, 11) is -2.12. The molecular formula is C16H19ClN2O3S. The highest BCUT2D eigenvalue weighted by molar-refractivity contribution is 7.89. The Balaban J connectivity index is 2.34. The second-order valence-electron chi connectivity index (χ2n) is 5.10. The summed E-state index contributed by atoms with van der Waals surface area (Å²) in [6, 6.07) is 8.34. The molecule has 0 fully saturated rings. The molecule has 0 aliphatic rings. The van der Waals surface area contributed by atoms with Crippen LogP contribution in [-0.4, -0.2) is 38.0 Å². The van der Waals surface area contributed by atoms with Crippen molar-refractivity contribution in [3.8, 4) is 0 Å². The summed E-state index contributed by atoms with van der Waals surface area (Å²) < 4.78 is 32.2. The van der Waals surface area contributed by atoms with E-state index in [0.29, 0.717) is 11.6 Å². The summed E-state index contributed by atoms with van der Waals surface area (Å²) in [5.41, 5.74) is 1.70. The number of benzene rings is 1. The third-order valence-corrected chi connectivity index (χ3v) is 5.68. The van der Waals surface area contributed by atoms with Gasteiger partial charge in [-0.3, -0.25) is 4.98 Å². The Morgan fingerprint density at radius 3 is 2.52 bits per heavy atom. The summed E-state index contributed by atoms with van der Waals surface area (Å²) >= 11 is 6.07. The Kier molecular flexibility index (Phi) is 6.12. The predicted molar refractivity (Wildman–Crippen MR) is 89.9 cm³/mol. The summed E-state index contributed by atoms with van der Waals surface area (Å²) in [4.78, 5) is 4.13. The van der Waals surface area contributed by atoms with E-state index >= 15 is 0 Å². The van der Waals surface area contributed by atoms with Crippen LogP contribution in [0.4, 0.5) is 0 Å². The number of rotatable bonds is 7. The van der Waals surface area contributed by atoms with Gasteiger partial charge in [0.2, 0.25) is 10.0 Å². The number of nitrogens with zero attached hydrogens (tertiary/aromatic N) is 2. The number of ether oxygens (including phenoxy) is 1. The standard InChI is InChI=1S/C16H19ClN2O3S/c1-13-3-4-15(11-16(13)17)23(20,21)19(9-10-22-2)12-14-5-7-18-8-6-14/h3-8,11H,9-10,12H2,1-2H3. The highest BCUT2D eigenvalue weighted by Crippen LogP contribution is 2.23. The monoisotopic (exact) mass is 354 g/mol. The van der Waals surface area contributed by atoms with Gasteiger partial charge in [-0.2, -0.15) is 4.31 Å². The second-order valence-corrected chi connectivity index (χ2v) is 7.44. The molecule has 0 aliphatic carbocycles. The summed E-state index contributed by atoms with van der Waals surface area (Å²) in [6.45, 7) is 2.65. The van der Waals surface area contributed by atoms with Crippen molar-refractivity contribution in [2.75, 3.05) is 20.3 Å². The molecule has 0 amide bonds. The van der Waals surface area contributed by atoms with Gasteiger partial charge < -0.3 is 4.74 Å². The van der Waals surface area contributed by atoms with E-state index in [9.17, 15) is 8.42 Å². The topological polar surface area (TPSA) is 59.5 Å². The average molecular weight is 355 g/mol. The van der Waals surface area contributed by atoms with E-state index in [1.807, 2.05) is 6.92 Å². The van der Waals surface area contributed by atoms with Crippen LogP contribution in [0.25, 0.3) is 0 Å². The lowest BCUT2D eigenvalue weighted by Gasteiger charge is -2.22. The fourth-order valence-corrected chi connectivity index (χ4v) is 3.74. The molecule has 0 spiro atoms. The quantitative estimate of drug-likeness (QED) is 0.767. The van der Waals surface area contributed by atoms with Gasteiger partial charge in [0.15, 0.2) is 0 Å². The molecule has 5 nitrogen and oxygen atoms in total. The molecule has 2 rings (SSSR count). The molecule has 7 heteroatoms. The smallest absolute Gasteiger partial charge is 0.243 e. The Labute approximate surface area is 141 Å². The first-order chi connectivity index (χ1) is 10.9. The van der Waals surface area contributed by atoms with Crippen molar-refractivity contribution in [2.24, 2.45) is 0 Å². The van der Waals surface area contributed by atoms with Crippen molar-refractivity contribution in [1.82, 2.24) is 9.29 Å². The highest BCUT2D eigenvalue weighted by atomic mass is 35.5. The largest absolute Gasteiger partial charge is 0.383 e. The molecule has 0 saturated heterocycles. The van der Waals surface area contributed by atoms with Crippen molar-refractivity contribution in [3.63, 3.8) is 0 Å². The van der Waals surface area contributed by atoms with Crippen LogP contribution in [0.15, 0.2) is 47.6 Å². The van der Waals surface area contributed by atoms with Crippen molar-refractivity contribution in [1.29, 1.82) is 0 Å². The molecule has 0 unspecified atom stereocenters. The van der Waals surface area contributed by atoms with E-state index in [2.05, 4.69) is 4.98 Å². The van der Waals surface area contributed by atoms with Crippen molar-refractivity contribution < 1.29 is 13.2 Å². The molecule has 124 valence electrons. The number of hydrogen-bond acceptors (Lipinski definition) is 4. The fourth-order valence-electron chi connectivity index (χ4n) is 2.05. The number of aryl methyl sites for hydroxylation is 1. The average Bonchev–Trinajstić information content (AvgIpc) is 2.54. The Morgan fingerprint density at radius 1 is 1.22 bits per heavy atom. The molecule has 0 aliphatic heterocycles. The molecule has 1 aromatic heterocycles. The van der Waals surface area contributed by atoms with Gasteiger partial charge in [0.25, 0.3) is 0 Å². The van der Waals surface area contributed by atoms with Gasteiger partial charge in [-0.15, -0.1) is 0 Å². The van der Waals surface area contributed by atoms with Crippen molar-refractivity contribution >= 4 is 21.6 Å². The zero-order chi connectivity index (χ0) is 16.9. The molecule has 1 heterocycles. The number of aromatic nitrogens is 1. The summed E-state index contributed by atoms with van der Waals surface area (Å²) in [5, 5.41) is 0.432. The fraction of sp³-hybridized carbons (Fsp3) is 0.312. The zero-order valence-electron chi connectivity index (χ0n) is 13.1. The van der Waals surface area contributed by atoms with Crippen LogP contribution in [0.1, 0.15) is 11.1 Å². The summed E-state index contributed by atoms with van der Waals surface area (Å²) in [6.07, 6.45) is 3.28. The molecule has 23 heavy (non-hydrogen) atoms. The van der Waals surface area contributed by atoms with Crippen LogP contribution in [0.3, 0.4) is 0 Å². The first-order valence-corrected chi connectivity index (χ1v) is 8.91. The van der Waals surface area contributed by atoms with E-state index in [-0.39, 0.29) is 18.0 Å². The number of pyridine rings is 1. The van der Waals surface area contributed by atoms with E-state index in [4.69, 9.17) is 16.3 Å². The maximum atomic E-state index is 12.9. The first-order valence-electron chi connectivity index (χ1n) is 7.09. The number of sulfonamides is 1. The lowest BCUT2D eigenvalue weighted by Crippen LogP contribution is -2.33. The Bertz CT molecular complexity index is 751. The number of hydrogen-bond donors (Lipinski definition) is 0. The Morgan fingerprint density at radius 2 is 1.91 bits per heavy atom. The van der Waals surface area contributed by atoms with Gasteiger partial charge in [-0.05, 0) is 42.3 Å². The van der Waals surface area contributed by atoms with Gasteiger partial charge >= 0.3 is 0 Å². The molecule has 2 aromatic rings. The zero-order valence-corrected chi connectivity index (χ0v) is 14.6. The molecule has 0 radical (unpaired) electrons. The van der Waals surface area contributed by atoms with Crippen LogP contribution < -0.4 is 0 Å². The normalized spacial score (nSPS) is 11.8. The van der Waals surface area contributed by atoms with E-state index in [1.165, 1.54) is 10.4 Å². The van der Waals surface area contributed by atoms with Crippen LogP contribution in [0.5, 0.6) is 0 Å². The van der Waals surface area contributed by atoms with Gasteiger partial charge in [0, 0.05) is 37.6 Å². The molecule has 0 saturated carbocycles. The van der Waals surface area contributed by atoms with E-state index in [0.717, 1.165) is 11.1 Å². The first kappa shape index (κ1) is 17.9. The third kappa shape index (κ3) is 4.51. The predicted octanol–water partition coefficient (Wildman–Crippen LogP) is 2.88. The molecule has 1 aromatic carbocycles. The Hall–Kier alpha value is -1.47. The number of halogens is 1. The molecule has 0 N–H and O–H groups in total. The third-order valence-electron chi connectivity index (χ3n) is 3.43. The minimum absolute atomic E-state index is 0.179. The lowest BCUT2D eigenvalue weighted by molar-refractivity contribution is 0.177. The minimum atomic E-state index is -3.66. The summed E-state index contributed by atoms with van der Waals surface area (Å²) in [5.74, 6) is 0. The van der Waals surface area contributed by atoms with Crippen molar-refractivity contribution in [2.45, 2.75) is 18.4 Å². The SMILES string of the molecule is COCCN(Cc1ccncc1)S(=O)(=O)c1ccc(C)c(Cl)c1. The van der Waals surface area contributed by atoms with Crippen LogP contribution in [0, 0.1) is 6.92 Å².